The number of carbonyl (C=O) groups is 6. The summed E-state index contributed by atoms with van der Waals surface area (Å²) in [7, 11) is 0. The minimum atomic E-state index is -1.26. The van der Waals surface area contributed by atoms with Gasteiger partial charge in [0, 0.05) is 18.8 Å². The van der Waals surface area contributed by atoms with Crippen molar-refractivity contribution in [2.75, 3.05) is 0 Å². The van der Waals surface area contributed by atoms with Crippen molar-refractivity contribution in [3.05, 3.63) is 144 Å². The molecule has 51 heavy (non-hydrogen) atoms. The zero-order chi connectivity index (χ0) is 37.0. The maximum absolute atomic E-state index is 14.1. The molecule has 9 nitrogen and oxygen atoms in total. The first-order chi connectivity index (χ1) is 24.4. The van der Waals surface area contributed by atoms with Crippen molar-refractivity contribution in [1.29, 1.82) is 0 Å². The molecule has 9 heteroatoms. The highest BCUT2D eigenvalue weighted by Gasteiger charge is 2.35. The number of Topliss-reactive ketones (excluding diaryl/α,β-unsaturated/α-hetero) is 3. The number of ketones is 3. The number of primary amides is 1. The molecule has 1 unspecified atom stereocenters. The third kappa shape index (κ3) is 10.9. The molecule has 4 rings (SSSR count). The fourth-order valence-corrected chi connectivity index (χ4v) is 5.94. The molecule has 4 aromatic carbocycles. The molecule has 0 radical (unpaired) electrons. The third-order valence-corrected chi connectivity index (χ3v) is 8.97. The zero-order valence-corrected chi connectivity index (χ0v) is 29.2. The largest absolute Gasteiger partial charge is 0.369 e. The summed E-state index contributed by atoms with van der Waals surface area (Å²) in [5.41, 5.74) is 7.48. The highest BCUT2D eigenvalue weighted by Crippen LogP contribution is 2.29. The van der Waals surface area contributed by atoms with Gasteiger partial charge in [-0.05, 0) is 42.0 Å². The van der Waals surface area contributed by atoms with E-state index in [9.17, 15) is 28.8 Å². The van der Waals surface area contributed by atoms with Crippen LogP contribution in [0.5, 0.6) is 0 Å². The number of carbonyl (C=O) groups excluding carboxylic acids is 6. The van der Waals surface area contributed by atoms with E-state index in [1.807, 2.05) is 97.1 Å². The Labute approximate surface area is 299 Å². The van der Waals surface area contributed by atoms with Crippen LogP contribution in [0, 0.1) is 11.3 Å². The molecule has 0 fully saturated rings. The smallest absolute Gasteiger partial charge is 0.290 e. The normalized spacial score (nSPS) is 13.0. The lowest BCUT2D eigenvalue weighted by molar-refractivity contribution is -0.142. The molecule has 0 heterocycles. The molecular weight excluding hydrogens is 642 g/mol. The fourth-order valence-electron chi connectivity index (χ4n) is 5.94. The molecular formula is C42H45N3O6. The van der Waals surface area contributed by atoms with Crippen molar-refractivity contribution >= 4 is 35.1 Å². The predicted molar refractivity (Wildman–Crippen MR) is 195 cm³/mol. The average molecular weight is 688 g/mol. The fraction of sp³-hybridized carbons (Fsp3) is 0.286. The second kappa shape index (κ2) is 17.8. The Balaban J connectivity index is 1.52. The van der Waals surface area contributed by atoms with Gasteiger partial charge in [0.15, 0.2) is 5.78 Å². The van der Waals surface area contributed by atoms with E-state index in [2.05, 4.69) is 10.6 Å². The molecule has 3 amide bonds. The second-order valence-corrected chi connectivity index (χ2v) is 13.5. The Bertz CT molecular complexity index is 1770. The van der Waals surface area contributed by atoms with E-state index in [1.165, 1.54) is 20.8 Å². The van der Waals surface area contributed by atoms with E-state index in [1.54, 1.807) is 24.3 Å². The molecule has 0 bridgehead atoms. The monoisotopic (exact) mass is 687 g/mol. The first-order valence-electron chi connectivity index (χ1n) is 17.0. The summed E-state index contributed by atoms with van der Waals surface area (Å²) < 4.78 is 0. The first kappa shape index (κ1) is 38.1. The van der Waals surface area contributed by atoms with Gasteiger partial charge in [-0.3, -0.25) is 28.8 Å². The van der Waals surface area contributed by atoms with Gasteiger partial charge in [-0.2, -0.15) is 0 Å². The lowest BCUT2D eigenvalue weighted by Gasteiger charge is -2.25. The van der Waals surface area contributed by atoms with Crippen molar-refractivity contribution in [3.8, 4) is 0 Å². The topological polar surface area (TPSA) is 152 Å². The third-order valence-electron chi connectivity index (χ3n) is 8.97. The summed E-state index contributed by atoms with van der Waals surface area (Å²) in [5, 5.41) is 5.20. The molecule has 0 saturated heterocycles. The summed E-state index contributed by atoms with van der Waals surface area (Å²) in [6, 6.07) is 34.5. The Morgan fingerprint density at radius 2 is 1.08 bits per heavy atom. The van der Waals surface area contributed by atoms with Crippen molar-refractivity contribution < 1.29 is 28.8 Å². The Morgan fingerprint density at radius 3 is 1.55 bits per heavy atom. The number of benzene rings is 4. The lowest BCUT2D eigenvalue weighted by atomic mass is 9.82. The average Bonchev–Trinajstić information content (AvgIpc) is 3.12. The van der Waals surface area contributed by atoms with E-state index < -0.39 is 58.6 Å². The van der Waals surface area contributed by atoms with Gasteiger partial charge in [-0.25, -0.2) is 0 Å². The summed E-state index contributed by atoms with van der Waals surface area (Å²) >= 11 is 0. The van der Waals surface area contributed by atoms with Gasteiger partial charge in [-0.15, -0.1) is 0 Å². The molecule has 3 atom stereocenters. The number of hydrogen-bond acceptors (Lipinski definition) is 6. The number of nitrogens with one attached hydrogen (secondary N) is 2. The first-order valence-corrected chi connectivity index (χ1v) is 17.0. The predicted octanol–water partition coefficient (Wildman–Crippen LogP) is 4.91. The van der Waals surface area contributed by atoms with Crippen LogP contribution < -0.4 is 16.4 Å². The number of amides is 3. The van der Waals surface area contributed by atoms with Crippen molar-refractivity contribution in [2.24, 2.45) is 17.1 Å². The molecule has 264 valence electrons. The van der Waals surface area contributed by atoms with Gasteiger partial charge >= 0.3 is 0 Å². The van der Waals surface area contributed by atoms with Gasteiger partial charge < -0.3 is 16.4 Å². The quantitative estimate of drug-likeness (QED) is 0.127. The minimum Gasteiger partial charge on any atom is -0.369 e. The van der Waals surface area contributed by atoms with Crippen molar-refractivity contribution in [3.63, 3.8) is 0 Å². The van der Waals surface area contributed by atoms with Crippen LogP contribution in [0.1, 0.15) is 61.8 Å². The van der Waals surface area contributed by atoms with Gasteiger partial charge in [0.05, 0.1) is 23.4 Å². The molecule has 0 spiro atoms. The molecule has 0 saturated carbocycles. The summed E-state index contributed by atoms with van der Waals surface area (Å²) in [5.74, 6) is -5.33. The molecule has 4 N–H and O–H groups in total. The van der Waals surface area contributed by atoms with Crippen LogP contribution in [0.3, 0.4) is 0 Å². The second-order valence-electron chi connectivity index (χ2n) is 13.5. The SMILES string of the molecule is CC(NC(=O)[C@@H](CC(=O)C(c1ccccc1)c1ccccc1)Cc1ccccc1)C(=O)C(=O)N[C@@H](Cc1ccccc1)C(=O)CC(C)(C)C(N)=O. The molecule has 0 aliphatic rings. The minimum absolute atomic E-state index is 0.0829. The van der Waals surface area contributed by atoms with E-state index in [0.29, 0.717) is 0 Å². The maximum Gasteiger partial charge on any atom is 0.290 e. The van der Waals surface area contributed by atoms with Crippen LogP contribution in [0.15, 0.2) is 121 Å². The van der Waals surface area contributed by atoms with Crippen LogP contribution >= 0.6 is 0 Å². The van der Waals surface area contributed by atoms with E-state index in [4.69, 9.17) is 5.73 Å². The van der Waals surface area contributed by atoms with Gasteiger partial charge in [0.25, 0.3) is 5.91 Å². The lowest BCUT2D eigenvalue weighted by Crippen LogP contribution is -2.52. The number of nitrogens with two attached hydrogens (primary N) is 1. The van der Waals surface area contributed by atoms with E-state index in [-0.39, 0.29) is 31.5 Å². The molecule has 4 aromatic rings. The van der Waals surface area contributed by atoms with Crippen LogP contribution in [-0.4, -0.2) is 47.2 Å². The standard InChI is InChI=1S/C42H45N3O6/c1-28(38(48)40(50)45-34(25-30-18-10-5-11-19-30)36(47)27-42(2,3)41(43)51)44-39(49)33(24-29-16-8-4-9-17-29)26-35(46)37(31-20-12-6-13-21-31)32-22-14-7-15-23-32/h4-23,28,33-34,37H,24-27H2,1-3H3,(H2,43,51)(H,44,49)(H,45,50)/t28?,33-,34+/m1/s1. The highest BCUT2D eigenvalue weighted by molar-refractivity contribution is 6.38. The van der Waals surface area contributed by atoms with Crippen LogP contribution in [0.4, 0.5) is 0 Å². The van der Waals surface area contributed by atoms with Crippen LogP contribution in [0.25, 0.3) is 0 Å². The van der Waals surface area contributed by atoms with E-state index >= 15 is 0 Å². The van der Waals surface area contributed by atoms with Crippen molar-refractivity contribution in [1.82, 2.24) is 10.6 Å². The highest BCUT2D eigenvalue weighted by atomic mass is 16.2. The molecule has 0 aliphatic heterocycles. The number of hydrogen-bond donors (Lipinski definition) is 3. The van der Waals surface area contributed by atoms with E-state index in [0.717, 1.165) is 22.3 Å². The number of rotatable bonds is 18. The van der Waals surface area contributed by atoms with Gasteiger partial charge in [-0.1, -0.05) is 135 Å². The summed E-state index contributed by atoms with van der Waals surface area (Å²) in [6.45, 7) is 4.47. The maximum atomic E-state index is 14.1. The van der Waals surface area contributed by atoms with Crippen molar-refractivity contribution in [2.45, 2.75) is 64.5 Å². The Morgan fingerprint density at radius 1 is 0.627 bits per heavy atom. The van der Waals surface area contributed by atoms with Gasteiger partial charge in [0.1, 0.15) is 5.78 Å². The summed E-state index contributed by atoms with van der Waals surface area (Å²) in [4.78, 5) is 79.9. The molecule has 0 aromatic heterocycles. The zero-order valence-electron chi connectivity index (χ0n) is 29.2. The Hall–Kier alpha value is -5.70. The molecule has 0 aliphatic carbocycles. The van der Waals surface area contributed by atoms with Crippen LogP contribution in [0.2, 0.25) is 0 Å². The van der Waals surface area contributed by atoms with Gasteiger partial charge in [0.2, 0.25) is 17.6 Å². The summed E-state index contributed by atoms with van der Waals surface area (Å²) in [6.07, 6.45) is -0.0566. The van der Waals surface area contributed by atoms with Crippen LogP contribution in [-0.2, 0) is 41.6 Å². The Kier molecular flexibility index (Phi) is 13.3.